The minimum atomic E-state index is 0.0771. The van der Waals surface area contributed by atoms with Gasteiger partial charge in [-0.25, -0.2) is 0 Å². The molecular formula is C19H16O2S. The van der Waals surface area contributed by atoms with Crippen LogP contribution >= 0.6 is 11.3 Å². The molecule has 3 aromatic rings. The highest BCUT2D eigenvalue weighted by molar-refractivity contribution is 7.12. The Balaban J connectivity index is 1.80. The smallest absolute Gasteiger partial charge is 0.202 e. The molecule has 0 radical (unpaired) electrons. The molecule has 1 aromatic heterocycles. The van der Waals surface area contributed by atoms with E-state index in [2.05, 4.69) is 0 Å². The van der Waals surface area contributed by atoms with Crippen LogP contribution in [0.1, 0.15) is 22.2 Å². The predicted octanol–water partition coefficient (Wildman–Crippen LogP) is 5.04. The van der Waals surface area contributed by atoms with Crippen molar-refractivity contribution in [1.29, 1.82) is 0 Å². The summed E-state index contributed by atoms with van der Waals surface area (Å²) in [4.78, 5) is 13.0. The van der Waals surface area contributed by atoms with Crippen LogP contribution in [0.15, 0.2) is 66.0 Å². The first kappa shape index (κ1) is 14.5. The van der Waals surface area contributed by atoms with Crippen LogP contribution in [0.3, 0.4) is 0 Å². The molecule has 1 heterocycles. The molecule has 0 spiro atoms. The second-order valence-corrected chi connectivity index (χ2v) is 5.79. The normalized spacial score (nSPS) is 10.4. The van der Waals surface area contributed by atoms with Gasteiger partial charge < -0.3 is 4.74 Å². The van der Waals surface area contributed by atoms with Crippen molar-refractivity contribution < 1.29 is 9.53 Å². The van der Waals surface area contributed by atoms with E-state index in [-0.39, 0.29) is 5.78 Å². The van der Waals surface area contributed by atoms with Crippen LogP contribution in [-0.4, -0.2) is 12.4 Å². The standard InChI is InChI=1S/C19H16O2S/c1-2-21-17-11-9-15(10-12-17)14-5-7-16(8-6-14)19(20)18-4-3-13-22-18/h3-13H,2H2,1H3. The van der Waals surface area contributed by atoms with Crippen LogP contribution in [0, 0.1) is 0 Å². The summed E-state index contributed by atoms with van der Waals surface area (Å²) in [6, 6.07) is 19.5. The first-order chi connectivity index (χ1) is 10.8. The summed E-state index contributed by atoms with van der Waals surface area (Å²) in [5.41, 5.74) is 2.92. The lowest BCUT2D eigenvalue weighted by Gasteiger charge is -2.06. The van der Waals surface area contributed by atoms with Gasteiger partial charge in [0.05, 0.1) is 11.5 Å². The largest absolute Gasteiger partial charge is 0.494 e. The number of rotatable bonds is 5. The molecule has 0 amide bonds. The Kier molecular flexibility index (Phi) is 4.35. The Morgan fingerprint density at radius 2 is 1.59 bits per heavy atom. The fourth-order valence-electron chi connectivity index (χ4n) is 2.27. The van der Waals surface area contributed by atoms with Crippen LogP contribution in [-0.2, 0) is 0 Å². The van der Waals surface area contributed by atoms with Crippen LogP contribution in [0.5, 0.6) is 5.75 Å². The van der Waals surface area contributed by atoms with Gasteiger partial charge in [0.15, 0.2) is 0 Å². The third kappa shape index (κ3) is 3.10. The molecule has 0 aliphatic rings. The maximum absolute atomic E-state index is 12.3. The van der Waals surface area contributed by atoms with Crippen molar-refractivity contribution in [2.24, 2.45) is 0 Å². The van der Waals surface area contributed by atoms with Crippen LogP contribution in [0.25, 0.3) is 11.1 Å². The van der Waals surface area contributed by atoms with Crippen molar-refractivity contribution in [3.05, 3.63) is 76.5 Å². The highest BCUT2D eigenvalue weighted by atomic mass is 32.1. The van der Waals surface area contributed by atoms with Crippen molar-refractivity contribution in [2.75, 3.05) is 6.61 Å². The Hall–Kier alpha value is -2.39. The summed E-state index contributed by atoms with van der Waals surface area (Å²) < 4.78 is 5.45. The Morgan fingerprint density at radius 3 is 2.14 bits per heavy atom. The first-order valence-electron chi connectivity index (χ1n) is 7.19. The predicted molar refractivity (Wildman–Crippen MR) is 90.8 cm³/mol. The van der Waals surface area contributed by atoms with E-state index in [1.165, 1.54) is 11.3 Å². The van der Waals surface area contributed by atoms with Gasteiger partial charge in [-0.3, -0.25) is 4.79 Å². The minimum absolute atomic E-state index is 0.0771. The molecule has 0 N–H and O–H groups in total. The zero-order valence-electron chi connectivity index (χ0n) is 12.3. The summed E-state index contributed by atoms with van der Waals surface area (Å²) in [6.45, 7) is 2.64. The number of benzene rings is 2. The van der Waals surface area contributed by atoms with Gasteiger partial charge >= 0.3 is 0 Å². The van der Waals surface area contributed by atoms with Gasteiger partial charge in [-0.15, -0.1) is 11.3 Å². The Labute approximate surface area is 134 Å². The Bertz CT molecular complexity index is 741. The molecule has 2 nitrogen and oxygen atoms in total. The van der Waals surface area contributed by atoms with Gasteiger partial charge in [-0.2, -0.15) is 0 Å². The molecule has 0 unspecified atom stereocenters. The second kappa shape index (κ2) is 6.58. The van der Waals surface area contributed by atoms with E-state index in [9.17, 15) is 4.79 Å². The van der Waals surface area contributed by atoms with Gasteiger partial charge in [0.25, 0.3) is 0 Å². The van der Waals surface area contributed by atoms with E-state index in [4.69, 9.17) is 4.74 Å². The van der Waals surface area contributed by atoms with Crippen molar-refractivity contribution in [1.82, 2.24) is 0 Å². The molecule has 3 heteroatoms. The van der Waals surface area contributed by atoms with Crippen molar-refractivity contribution in [2.45, 2.75) is 6.92 Å². The molecule has 0 atom stereocenters. The van der Waals surface area contributed by atoms with Crippen LogP contribution < -0.4 is 4.74 Å². The topological polar surface area (TPSA) is 26.3 Å². The lowest BCUT2D eigenvalue weighted by molar-refractivity contribution is 0.104. The molecule has 0 aliphatic carbocycles. The SMILES string of the molecule is CCOc1ccc(-c2ccc(C(=O)c3cccs3)cc2)cc1. The summed E-state index contributed by atoms with van der Waals surface area (Å²) in [7, 11) is 0. The molecule has 2 aromatic carbocycles. The quantitative estimate of drug-likeness (QED) is 0.617. The maximum Gasteiger partial charge on any atom is 0.202 e. The third-order valence-electron chi connectivity index (χ3n) is 3.39. The highest BCUT2D eigenvalue weighted by Crippen LogP contribution is 2.24. The van der Waals surface area contributed by atoms with Crippen molar-refractivity contribution in [3.8, 4) is 16.9 Å². The fraction of sp³-hybridized carbons (Fsp3) is 0.105. The van der Waals surface area contributed by atoms with Gasteiger partial charge in [0, 0.05) is 5.56 Å². The highest BCUT2D eigenvalue weighted by Gasteiger charge is 2.09. The number of thiophene rings is 1. The zero-order chi connectivity index (χ0) is 15.4. The summed E-state index contributed by atoms with van der Waals surface area (Å²) >= 11 is 1.47. The number of carbonyl (C=O) groups is 1. The Morgan fingerprint density at radius 1 is 0.955 bits per heavy atom. The molecule has 3 rings (SSSR count). The van der Waals surface area contributed by atoms with Crippen LogP contribution in [0.2, 0.25) is 0 Å². The van der Waals surface area contributed by atoms with Gasteiger partial charge in [-0.1, -0.05) is 42.5 Å². The van der Waals surface area contributed by atoms with E-state index < -0.39 is 0 Å². The van der Waals surface area contributed by atoms with Gasteiger partial charge in [-0.05, 0) is 41.6 Å². The number of carbonyl (C=O) groups excluding carboxylic acids is 1. The maximum atomic E-state index is 12.3. The van der Waals surface area contributed by atoms with E-state index >= 15 is 0 Å². The van der Waals surface area contributed by atoms with Crippen molar-refractivity contribution >= 4 is 17.1 Å². The van der Waals surface area contributed by atoms with E-state index in [1.54, 1.807) is 0 Å². The number of ketones is 1. The van der Waals surface area contributed by atoms with E-state index in [0.29, 0.717) is 6.61 Å². The lowest BCUT2D eigenvalue weighted by Crippen LogP contribution is -1.97. The second-order valence-electron chi connectivity index (χ2n) is 4.84. The number of hydrogen-bond donors (Lipinski definition) is 0. The first-order valence-corrected chi connectivity index (χ1v) is 8.07. The average molecular weight is 308 g/mol. The molecule has 110 valence electrons. The monoisotopic (exact) mass is 308 g/mol. The molecule has 0 saturated carbocycles. The number of hydrogen-bond acceptors (Lipinski definition) is 3. The number of ether oxygens (including phenoxy) is 1. The molecule has 0 fully saturated rings. The summed E-state index contributed by atoms with van der Waals surface area (Å²) in [5.74, 6) is 0.948. The summed E-state index contributed by atoms with van der Waals surface area (Å²) in [6.07, 6.45) is 0. The molecule has 22 heavy (non-hydrogen) atoms. The zero-order valence-corrected chi connectivity index (χ0v) is 13.1. The van der Waals surface area contributed by atoms with Crippen LogP contribution in [0.4, 0.5) is 0 Å². The lowest BCUT2D eigenvalue weighted by atomic mass is 10.0. The molecular weight excluding hydrogens is 292 g/mol. The fourth-order valence-corrected chi connectivity index (χ4v) is 2.96. The van der Waals surface area contributed by atoms with Crippen molar-refractivity contribution in [3.63, 3.8) is 0 Å². The van der Waals surface area contributed by atoms with E-state index in [1.807, 2.05) is 73.0 Å². The average Bonchev–Trinajstić information content (AvgIpc) is 3.10. The molecule has 0 saturated heterocycles. The third-order valence-corrected chi connectivity index (χ3v) is 4.26. The van der Waals surface area contributed by atoms with E-state index in [0.717, 1.165) is 27.3 Å². The van der Waals surface area contributed by atoms with Gasteiger partial charge in [0.2, 0.25) is 5.78 Å². The van der Waals surface area contributed by atoms with Gasteiger partial charge in [0.1, 0.15) is 5.75 Å². The summed E-state index contributed by atoms with van der Waals surface area (Å²) in [5, 5.41) is 1.92. The molecule has 0 bridgehead atoms. The molecule has 0 aliphatic heterocycles. The minimum Gasteiger partial charge on any atom is -0.494 e.